The number of allylic oxidation sites excluding steroid dienone is 1. The van der Waals surface area contributed by atoms with Gasteiger partial charge < -0.3 is 0 Å². The summed E-state index contributed by atoms with van der Waals surface area (Å²) >= 11 is 9.06. The number of nitriles is 2. The van der Waals surface area contributed by atoms with Crippen LogP contribution in [0, 0.1) is 22.7 Å². The summed E-state index contributed by atoms with van der Waals surface area (Å²) in [6.45, 7) is 0. The van der Waals surface area contributed by atoms with E-state index in [2.05, 4.69) is 0 Å². The third kappa shape index (κ3) is 2.25. The fourth-order valence-electron chi connectivity index (χ4n) is 1.82. The van der Waals surface area contributed by atoms with Crippen molar-refractivity contribution in [2.24, 2.45) is 0 Å². The van der Waals surface area contributed by atoms with E-state index in [4.69, 9.17) is 22.7 Å². The van der Waals surface area contributed by atoms with Gasteiger partial charge in [-0.1, -0.05) is 65.7 Å². The first-order valence-corrected chi connectivity index (χ1v) is 8.52. The van der Waals surface area contributed by atoms with E-state index in [1.54, 1.807) is 0 Å². The number of benzene rings is 1. The highest BCUT2D eigenvalue weighted by atomic mass is 32.3. The third-order valence-electron chi connectivity index (χ3n) is 2.77. The lowest BCUT2D eigenvalue weighted by Gasteiger charge is -2.34. The first-order valence-electron chi connectivity index (χ1n) is 5.66. The van der Waals surface area contributed by atoms with Crippen molar-refractivity contribution in [3.63, 3.8) is 0 Å². The number of carbonyl (C=O) groups excluding carboxylic acids is 1. The Bertz CT molecular complexity index is 736. The van der Waals surface area contributed by atoms with Crippen LogP contribution in [0.4, 0.5) is 5.69 Å². The van der Waals surface area contributed by atoms with Crippen LogP contribution in [0.3, 0.4) is 0 Å². The van der Waals surface area contributed by atoms with Gasteiger partial charge in [0.15, 0.2) is 0 Å². The molecule has 2 heterocycles. The van der Waals surface area contributed by atoms with Crippen LogP contribution in [0.25, 0.3) is 0 Å². The maximum absolute atomic E-state index is 12.7. The summed E-state index contributed by atoms with van der Waals surface area (Å²) in [5.41, 5.74) is 0.782. The molecule has 1 aromatic carbocycles. The summed E-state index contributed by atoms with van der Waals surface area (Å²) in [6.07, 6.45) is 0. The molecule has 2 aliphatic rings. The lowest BCUT2D eigenvalue weighted by molar-refractivity contribution is -0.116. The van der Waals surface area contributed by atoms with Crippen molar-refractivity contribution < 1.29 is 4.79 Å². The van der Waals surface area contributed by atoms with E-state index in [0.29, 0.717) is 8.56 Å². The van der Waals surface area contributed by atoms with Gasteiger partial charge in [-0.3, -0.25) is 9.69 Å². The molecule has 0 radical (unpaired) electrons. The van der Waals surface area contributed by atoms with E-state index in [0.717, 1.165) is 5.69 Å². The zero-order valence-corrected chi connectivity index (χ0v) is 13.5. The monoisotopic (exact) mass is 347 g/mol. The maximum Gasteiger partial charge on any atom is 0.270 e. The van der Waals surface area contributed by atoms with E-state index in [9.17, 15) is 4.79 Å². The Morgan fingerprint density at radius 3 is 2.33 bits per heavy atom. The van der Waals surface area contributed by atoms with Crippen LogP contribution >= 0.6 is 47.5 Å². The number of hydrogen-bond donors (Lipinski definition) is 0. The molecule has 1 aromatic rings. The number of carbonyl (C=O) groups is 1. The fraction of sp³-hybridized carbons (Fsp3) is 0.0769. The molecule has 0 aliphatic carbocycles. The second-order valence-electron chi connectivity index (χ2n) is 3.99. The molecule has 3 rings (SSSR count). The Hall–Kier alpha value is -1.45. The molecule has 2 saturated heterocycles. The normalized spacial score (nSPS) is 23.7. The molecule has 2 fully saturated rings. The summed E-state index contributed by atoms with van der Waals surface area (Å²) in [5, 5.41) is 17.7. The third-order valence-corrected chi connectivity index (χ3v) is 7.66. The zero-order valence-electron chi connectivity index (χ0n) is 10.3. The molecule has 21 heavy (non-hydrogen) atoms. The number of rotatable bonds is 1. The van der Waals surface area contributed by atoms with Gasteiger partial charge in [-0.2, -0.15) is 10.5 Å². The number of thiocarbonyl (C=S) groups is 1. The summed E-state index contributed by atoms with van der Waals surface area (Å²) in [4.78, 5) is 14.2. The van der Waals surface area contributed by atoms with E-state index >= 15 is 0 Å². The molecule has 0 atom stereocenters. The molecule has 0 bridgehead atoms. The smallest absolute Gasteiger partial charge is 0.270 e. The molecule has 2 aliphatic heterocycles. The van der Waals surface area contributed by atoms with Crippen LogP contribution in [-0.4, -0.2) is 13.6 Å². The lowest BCUT2D eigenvalue weighted by Crippen LogP contribution is -2.38. The molecule has 0 saturated carbocycles. The van der Waals surface area contributed by atoms with Crippen molar-refractivity contribution in [2.45, 2.75) is 3.41 Å². The van der Waals surface area contributed by atoms with Gasteiger partial charge in [0.2, 0.25) is 3.41 Å². The van der Waals surface area contributed by atoms with E-state index in [1.165, 1.54) is 40.2 Å². The minimum absolute atomic E-state index is 0.0492. The zero-order chi connectivity index (χ0) is 15.0. The fourth-order valence-corrected chi connectivity index (χ4v) is 7.26. The minimum atomic E-state index is -0.790. The standard InChI is InChI=1S/C13H5N3OS4/c14-6-8(7-15)10-19-13(20-10)11(17)16(12(18)21-13)9-4-2-1-3-5-9/h1-5H. The number of anilines is 1. The molecule has 0 N–H and O–H groups in total. The molecule has 8 heteroatoms. The molecular weight excluding hydrogens is 342 g/mol. The second-order valence-corrected chi connectivity index (χ2v) is 9.32. The Labute approximate surface area is 139 Å². The second kappa shape index (κ2) is 5.39. The van der Waals surface area contributed by atoms with Gasteiger partial charge in [-0.25, -0.2) is 0 Å². The van der Waals surface area contributed by atoms with Crippen molar-refractivity contribution >= 4 is 63.4 Å². The number of nitrogens with zero attached hydrogens (tertiary/aromatic N) is 3. The number of hydrogen-bond acceptors (Lipinski definition) is 7. The molecule has 4 nitrogen and oxygen atoms in total. The number of thioether (sulfide) groups is 3. The van der Waals surface area contributed by atoms with Gasteiger partial charge in [0, 0.05) is 0 Å². The summed E-state index contributed by atoms with van der Waals surface area (Å²) in [7, 11) is 0. The van der Waals surface area contributed by atoms with Gasteiger partial charge in [0.05, 0.1) is 9.92 Å². The van der Waals surface area contributed by atoms with Crippen molar-refractivity contribution in [2.75, 3.05) is 4.90 Å². The predicted molar refractivity (Wildman–Crippen MR) is 90.3 cm³/mol. The predicted octanol–water partition coefficient (Wildman–Crippen LogP) is 3.44. The van der Waals surface area contributed by atoms with Crippen LogP contribution in [0.1, 0.15) is 0 Å². The Morgan fingerprint density at radius 1 is 1.14 bits per heavy atom. The Morgan fingerprint density at radius 2 is 1.76 bits per heavy atom. The van der Waals surface area contributed by atoms with E-state index < -0.39 is 3.41 Å². The van der Waals surface area contributed by atoms with E-state index in [1.807, 2.05) is 42.5 Å². The number of para-hydroxylation sites is 1. The molecule has 102 valence electrons. The van der Waals surface area contributed by atoms with Gasteiger partial charge >= 0.3 is 0 Å². The topological polar surface area (TPSA) is 67.9 Å². The quantitative estimate of drug-likeness (QED) is 0.569. The number of amides is 1. The lowest BCUT2D eigenvalue weighted by atomic mass is 10.3. The summed E-state index contributed by atoms with van der Waals surface area (Å²) in [6, 6.07) is 12.9. The van der Waals surface area contributed by atoms with Gasteiger partial charge in [-0.15, -0.1) is 0 Å². The van der Waals surface area contributed by atoms with Crippen LogP contribution in [-0.2, 0) is 4.79 Å². The molecule has 1 amide bonds. The molecular formula is C13H5N3OS4. The largest absolute Gasteiger partial charge is 0.270 e. The van der Waals surface area contributed by atoms with Crippen molar-refractivity contribution in [1.82, 2.24) is 0 Å². The van der Waals surface area contributed by atoms with Crippen LogP contribution in [0.2, 0.25) is 0 Å². The van der Waals surface area contributed by atoms with Crippen LogP contribution in [0.15, 0.2) is 40.1 Å². The van der Waals surface area contributed by atoms with Crippen molar-refractivity contribution in [3.8, 4) is 12.1 Å². The molecule has 1 spiro atoms. The minimum Gasteiger partial charge on any atom is -0.270 e. The maximum atomic E-state index is 12.7. The molecule has 0 unspecified atom stereocenters. The average Bonchev–Trinajstić information content (AvgIpc) is 2.72. The van der Waals surface area contributed by atoms with Crippen molar-refractivity contribution in [1.29, 1.82) is 10.5 Å². The molecule has 0 aromatic heterocycles. The van der Waals surface area contributed by atoms with E-state index in [-0.39, 0.29) is 11.5 Å². The Balaban J connectivity index is 1.89. The summed E-state index contributed by atoms with van der Waals surface area (Å²) < 4.78 is 0.278. The highest BCUT2D eigenvalue weighted by molar-refractivity contribution is 8.54. The Kier molecular flexibility index (Phi) is 3.72. The van der Waals surface area contributed by atoms with Gasteiger partial charge in [-0.05, 0) is 12.1 Å². The first-order chi connectivity index (χ1) is 10.1. The van der Waals surface area contributed by atoms with Crippen LogP contribution in [0.5, 0.6) is 0 Å². The SMILES string of the molecule is N#CC(C#N)=C1SC2(SC(=S)N(c3ccccc3)C2=O)S1. The highest BCUT2D eigenvalue weighted by Crippen LogP contribution is 2.69. The van der Waals surface area contributed by atoms with Crippen LogP contribution < -0.4 is 4.90 Å². The van der Waals surface area contributed by atoms with Gasteiger partial charge in [0.25, 0.3) is 5.91 Å². The first kappa shape index (κ1) is 14.5. The van der Waals surface area contributed by atoms with Gasteiger partial charge in [0.1, 0.15) is 22.0 Å². The average molecular weight is 347 g/mol. The summed E-state index contributed by atoms with van der Waals surface area (Å²) in [5.74, 6) is -0.127. The highest BCUT2D eigenvalue weighted by Gasteiger charge is 2.60. The van der Waals surface area contributed by atoms with Crippen molar-refractivity contribution in [3.05, 3.63) is 40.1 Å².